The number of aromatic nitrogens is 3. The lowest BCUT2D eigenvalue weighted by molar-refractivity contribution is 0.0945. The molecule has 122 valence electrons. The van der Waals surface area contributed by atoms with E-state index in [0.717, 1.165) is 36.1 Å². The molecule has 1 saturated heterocycles. The van der Waals surface area contributed by atoms with Gasteiger partial charge < -0.3 is 10.6 Å². The number of thioether (sulfide) groups is 1. The number of aromatic amines is 1. The summed E-state index contributed by atoms with van der Waals surface area (Å²) in [6, 6.07) is 7.73. The highest BCUT2D eigenvalue weighted by molar-refractivity contribution is 7.98. The molecule has 1 aliphatic heterocycles. The Kier molecular flexibility index (Phi) is 5.65. The lowest BCUT2D eigenvalue weighted by atomic mass is 9.99. The van der Waals surface area contributed by atoms with Gasteiger partial charge in [-0.25, -0.2) is 4.98 Å². The van der Waals surface area contributed by atoms with Crippen molar-refractivity contribution in [1.29, 1.82) is 0 Å². The van der Waals surface area contributed by atoms with Gasteiger partial charge in [0, 0.05) is 17.9 Å². The minimum Gasteiger partial charge on any atom is -0.352 e. The number of nitrogens with zero attached hydrogens (tertiary/aromatic N) is 2. The van der Waals surface area contributed by atoms with Crippen LogP contribution < -0.4 is 10.6 Å². The Bertz CT molecular complexity index is 608. The van der Waals surface area contributed by atoms with Crippen molar-refractivity contribution in [1.82, 2.24) is 25.8 Å². The van der Waals surface area contributed by atoms with Gasteiger partial charge in [-0.3, -0.25) is 9.89 Å². The quantitative estimate of drug-likeness (QED) is 0.704. The van der Waals surface area contributed by atoms with Crippen molar-refractivity contribution in [3.05, 3.63) is 41.7 Å². The van der Waals surface area contributed by atoms with Crippen molar-refractivity contribution in [3.8, 4) is 0 Å². The summed E-state index contributed by atoms with van der Waals surface area (Å²) in [5, 5.41) is 13.8. The summed E-state index contributed by atoms with van der Waals surface area (Å²) < 4.78 is 0. The lowest BCUT2D eigenvalue weighted by Crippen LogP contribution is -2.38. The van der Waals surface area contributed by atoms with E-state index in [1.165, 1.54) is 19.2 Å². The first-order chi connectivity index (χ1) is 11.3. The van der Waals surface area contributed by atoms with E-state index in [-0.39, 0.29) is 5.91 Å². The van der Waals surface area contributed by atoms with Gasteiger partial charge in [-0.2, -0.15) is 5.10 Å². The summed E-state index contributed by atoms with van der Waals surface area (Å²) in [7, 11) is 0. The SMILES string of the molecule is O=C(NCC1CCCNC1)c1ccc(CSc2ncn[nH]2)cc1. The molecule has 0 aliphatic carbocycles. The number of carbonyl (C=O) groups excluding carboxylic acids is 1. The van der Waals surface area contributed by atoms with Gasteiger partial charge in [0.2, 0.25) is 0 Å². The Morgan fingerprint density at radius 1 is 1.35 bits per heavy atom. The molecule has 7 heteroatoms. The molecule has 0 spiro atoms. The van der Waals surface area contributed by atoms with E-state index in [4.69, 9.17) is 0 Å². The smallest absolute Gasteiger partial charge is 0.251 e. The van der Waals surface area contributed by atoms with Crippen LogP contribution in [0, 0.1) is 5.92 Å². The van der Waals surface area contributed by atoms with Crippen LogP contribution in [-0.2, 0) is 5.75 Å². The number of piperidine rings is 1. The van der Waals surface area contributed by atoms with E-state index in [0.29, 0.717) is 11.5 Å². The van der Waals surface area contributed by atoms with E-state index in [9.17, 15) is 4.79 Å². The number of nitrogens with one attached hydrogen (secondary N) is 3. The summed E-state index contributed by atoms with van der Waals surface area (Å²) in [4.78, 5) is 16.3. The minimum absolute atomic E-state index is 0.00464. The van der Waals surface area contributed by atoms with Crippen molar-refractivity contribution >= 4 is 17.7 Å². The van der Waals surface area contributed by atoms with Crippen molar-refractivity contribution in [2.75, 3.05) is 19.6 Å². The van der Waals surface area contributed by atoms with E-state index in [2.05, 4.69) is 25.8 Å². The van der Waals surface area contributed by atoms with Gasteiger partial charge in [-0.15, -0.1) is 0 Å². The van der Waals surface area contributed by atoms with Gasteiger partial charge in [0.05, 0.1) is 0 Å². The van der Waals surface area contributed by atoms with Crippen LogP contribution in [0.25, 0.3) is 0 Å². The van der Waals surface area contributed by atoms with Crippen LogP contribution in [-0.4, -0.2) is 40.7 Å². The maximum absolute atomic E-state index is 12.2. The maximum atomic E-state index is 12.2. The van der Waals surface area contributed by atoms with E-state index >= 15 is 0 Å². The largest absolute Gasteiger partial charge is 0.352 e. The summed E-state index contributed by atoms with van der Waals surface area (Å²) in [5.74, 6) is 1.35. The Morgan fingerprint density at radius 2 is 2.22 bits per heavy atom. The monoisotopic (exact) mass is 331 g/mol. The highest BCUT2D eigenvalue weighted by atomic mass is 32.2. The topological polar surface area (TPSA) is 82.7 Å². The van der Waals surface area contributed by atoms with Gasteiger partial charge >= 0.3 is 0 Å². The van der Waals surface area contributed by atoms with Gasteiger partial charge in [-0.1, -0.05) is 23.9 Å². The van der Waals surface area contributed by atoms with Crippen LogP contribution in [0.5, 0.6) is 0 Å². The highest BCUT2D eigenvalue weighted by Gasteiger charge is 2.14. The molecule has 6 nitrogen and oxygen atoms in total. The van der Waals surface area contributed by atoms with Gasteiger partial charge in [0.1, 0.15) is 6.33 Å². The third kappa shape index (κ3) is 4.80. The van der Waals surface area contributed by atoms with Gasteiger partial charge in [0.25, 0.3) is 5.91 Å². The Hall–Kier alpha value is -1.86. The number of hydrogen-bond acceptors (Lipinski definition) is 5. The predicted molar refractivity (Wildman–Crippen MR) is 90.3 cm³/mol. The van der Waals surface area contributed by atoms with E-state index in [1.54, 1.807) is 11.8 Å². The van der Waals surface area contributed by atoms with Crippen LogP contribution in [0.2, 0.25) is 0 Å². The Labute approximate surface area is 139 Å². The molecular formula is C16H21N5OS. The molecule has 2 aromatic rings. The fraction of sp³-hybridized carbons (Fsp3) is 0.438. The molecule has 3 rings (SSSR count). The third-order valence-corrected chi connectivity index (χ3v) is 4.88. The second kappa shape index (κ2) is 8.12. The van der Waals surface area contributed by atoms with Crippen molar-refractivity contribution < 1.29 is 4.79 Å². The molecule has 1 amide bonds. The number of hydrogen-bond donors (Lipinski definition) is 3. The van der Waals surface area contributed by atoms with Gasteiger partial charge in [0.15, 0.2) is 5.16 Å². The van der Waals surface area contributed by atoms with Crippen molar-refractivity contribution in [2.24, 2.45) is 5.92 Å². The fourth-order valence-corrected chi connectivity index (χ4v) is 3.34. The molecule has 23 heavy (non-hydrogen) atoms. The average molecular weight is 331 g/mol. The number of benzene rings is 1. The molecule has 3 N–H and O–H groups in total. The number of H-pyrrole nitrogens is 1. The van der Waals surface area contributed by atoms with Crippen molar-refractivity contribution in [3.63, 3.8) is 0 Å². The summed E-state index contributed by atoms with van der Waals surface area (Å²) >= 11 is 1.59. The zero-order valence-corrected chi connectivity index (χ0v) is 13.7. The molecule has 0 saturated carbocycles. The van der Waals surface area contributed by atoms with Crippen LogP contribution in [0.1, 0.15) is 28.8 Å². The number of amides is 1. The van der Waals surface area contributed by atoms with E-state index < -0.39 is 0 Å². The zero-order chi connectivity index (χ0) is 15.9. The van der Waals surface area contributed by atoms with Crippen LogP contribution in [0.15, 0.2) is 35.7 Å². The second-order valence-corrected chi connectivity index (χ2v) is 6.66. The number of carbonyl (C=O) groups is 1. The molecule has 1 fully saturated rings. The normalized spacial score (nSPS) is 17.8. The maximum Gasteiger partial charge on any atom is 0.251 e. The van der Waals surface area contributed by atoms with Crippen LogP contribution in [0.3, 0.4) is 0 Å². The van der Waals surface area contributed by atoms with Gasteiger partial charge in [-0.05, 0) is 49.5 Å². The second-order valence-electron chi connectivity index (χ2n) is 5.70. The fourth-order valence-electron chi connectivity index (χ4n) is 2.61. The summed E-state index contributed by atoms with van der Waals surface area (Å²) in [6.07, 6.45) is 3.88. The number of rotatable bonds is 6. The first-order valence-electron chi connectivity index (χ1n) is 7.87. The van der Waals surface area contributed by atoms with Crippen LogP contribution in [0.4, 0.5) is 0 Å². The third-order valence-electron chi connectivity index (χ3n) is 3.93. The summed E-state index contributed by atoms with van der Waals surface area (Å²) in [5.41, 5.74) is 1.86. The average Bonchev–Trinajstić information content (AvgIpc) is 3.13. The summed E-state index contributed by atoms with van der Waals surface area (Å²) in [6.45, 7) is 2.84. The first-order valence-corrected chi connectivity index (χ1v) is 8.86. The predicted octanol–water partition coefficient (Wildman–Crippen LogP) is 1.83. The first kappa shape index (κ1) is 16.0. The molecule has 1 unspecified atom stereocenters. The van der Waals surface area contributed by atoms with Crippen molar-refractivity contribution in [2.45, 2.75) is 23.8 Å². The van der Waals surface area contributed by atoms with E-state index in [1.807, 2.05) is 24.3 Å². The lowest BCUT2D eigenvalue weighted by Gasteiger charge is -2.22. The molecule has 1 aliphatic rings. The molecule has 1 atom stereocenters. The molecule has 0 radical (unpaired) electrons. The molecule has 0 bridgehead atoms. The standard InChI is InChI=1S/C16H21N5OS/c22-15(18-9-13-2-1-7-17-8-13)14-5-3-12(4-6-14)10-23-16-19-11-20-21-16/h3-6,11,13,17H,1-2,7-10H2,(H,18,22)(H,19,20,21). The van der Waals surface area contributed by atoms with Crippen LogP contribution >= 0.6 is 11.8 Å². The Morgan fingerprint density at radius 3 is 2.91 bits per heavy atom. The Balaban J connectivity index is 1.46. The highest BCUT2D eigenvalue weighted by Crippen LogP contribution is 2.18. The molecule has 1 aromatic heterocycles. The molecule has 1 aromatic carbocycles. The molecular weight excluding hydrogens is 310 g/mol. The zero-order valence-electron chi connectivity index (χ0n) is 12.9. The minimum atomic E-state index is 0.00464. The molecule has 2 heterocycles.